The van der Waals surface area contributed by atoms with Crippen LogP contribution in [0.15, 0.2) is 60.0 Å². The van der Waals surface area contributed by atoms with Crippen LogP contribution in [0.5, 0.6) is 5.75 Å². The van der Waals surface area contributed by atoms with Gasteiger partial charge in [-0.2, -0.15) is 0 Å². The van der Waals surface area contributed by atoms with Gasteiger partial charge < -0.3 is 9.64 Å². The molecule has 146 valence electrons. The number of thioether (sulfide) groups is 1. The largest absolute Gasteiger partial charge is 0.494 e. The van der Waals surface area contributed by atoms with E-state index >= 15 is 0 Å². The fraction of sp³-hybridized carbons (Fsp3) is 0.200. The second-order valence-corrected chi connectivity index (χ2v) is 7.01. The summed E-state index contributed by atoms with van der Waals surface area (Å²) >= 11 is 1.25. The maximum atomic E-state index is 13.8. The Morgan fingerprint density at radius 1 is 1.25 bits per heavy atom. The number of amides is 1. The third-order valence-corrected chi connectivity index (χ3v) is 5.03. The fourth-order valence-corrected chi connectivity index (χ4v) is 3.54. The van der Waals surface area contributed by atoms with E-state index in [4.69, 9.17) is 4.74 Å². The molecule has 3 rings (SSSR count). The van der Waals surface area contributed by atoms with Crippen LogP contribution >= 0.6 is 11.8 Å². The second-order valence-electron chi connectivity index (χ2n) is 6.07. The zero-order valence-corrected chi connectivity index (χ0v) is 16.2. The molecule has 2 aromatic carbocycles. The molecule has 0 bridgehead atoms. The van der Waals surface area contributed by atoms with Gasteiger partial charge in [-0.15, -0.1) is 0 Å². The molecule has 0 atom stereocenters. The number of ether oxygens (including phenoxy) is 1. The summed E-state index contributed by atoms with van der Waals surface area (Å²) in [6.45, 7) is 0.276. The molecule has 3 aromatic rings. The van der Waals surface area contributed by atoms with Crippen molar-refractivity contribution in [3.8, 4) is 11.4 Å². The third kappa shape index (κ3) is 4.69. The average molecular weight is 403 g/mol. The van der Waals surface area contributed by atoms with Gasteiger partial charge in [0.05, 0.1) is 18.6 Å². The number of carbonyl (C=O) groups excluding carboxylic acids is 1. The maximum Gasteiger partial charge on any atom is 0.233 e. The molecule has 0 aliphatic rings. The molecule has 1 amide bonds. The summed E-state index contributed by atoms with van der Waals surface area (Å²) in [6, 6.07) is 10.8. The van der Waals surface area contributed by atoms with E-state index in [2.05, 4.69) is 4.98 Å². The zero-order valence-electron chi connectivity index (χ0n) is 15.4. The van der Waals surface area contributed by atoms with Gasteiger partial charge in [0, 0.05) is 26.0 Å². The predicted octanol–water partition coefficient (Wildman–Crippen LogP) is 3.91. The first-order valence-corrected chi connectivity index (χ1v) is 9.45. The number of hydrogen-bond donors (Lipinski definition) is 0. The van der Waals surface area contributed by atoms with E-state index in [0.29, 0.717) is 16.4 Å². The molecule has 0 fully saturated rings. The van der Waals surface area contributed by atoms with Gasteiger partial charge in [-0.1, -0.05) is 23.9 Å². The van der Waals surface area contributed by atoms with E-state index < -0.39 is 5.82 Å². The molecule has 5 nitrogen and oxygen atoms in total. The highest BCUT2D eigenvalue weighted by molar-refractivity contribution is 7.99. The Morgan fingerprint density at radius 3 is 2.79 bits per heavy atom. The van der Waals surface area contributed by atoms with Crippen molar-refractivity contribution >= 4 is 17.7 Å². The summed E-state index contributed by atoms with van der Waals surface area (Å²) in [5.41, 5.74) is 1.30. The van der Waals surface area contributed by atoms with Gasteiger partial charge >= 0.3 is 0 Å². The van der Waals surface area contributed by atoms with Crippen LogP contribution in [0.25, 0.3) is 5.69 Å². The summed E-state index contributed by atoms with van der Waals surface area (Å²) in [4.78, 5) is 18.2. The number of halogens is 2. The van der Waals surface area contributed by atoms with Gasteiger partial charge in [0.2, 0.25) is 5.91 Å². The van der Waals surface area contributed by atoms with Gasteiger partial charge in [-0.3, -0.25) is 9.36 Å². The highest BCUT2D eigenvalue weighted by Gasteiger charge is 2.14. The van der Waals surface area contributed by atoms with Crippen molar-refractivity contribution in [1.29, 1.82) is 0 Å². The van der Waals surface area contributed by atoms with Crippen molar-refractivity contribution in [2.75, 3.05) is 19.9 Å². The monoisotopic (exact) mass is 403 g/mol. The van der Waals surface area contributed by atoms with Gasteiger partial charge in [0.1, 0.15) is 5.82 Å². The molecule has 28 heavy (non-hydrogen) atoms. The standard InChI is InChI=1S/C20H19F2N3O2S/c1-24(12-14-6-7-18(27-2)17(22)10-14)19(26)13-28-20-23-8-9-25(20)16-5-3-4-15(21)11-16/h3-11H,12-13H2,1-2H3. The smallest absolute Gasteiger partial charge is 0.233 e. The Morgan fingerprint density at radius 2 is 2.07 bits per heavy atom. The summed E-state index contributed by atoms with van der Waals surface area (Å²) in [6.07, 6.45) is 3.31. The molecule has 1 aromatic heterocycles. The highest BCUT2D eigenvalue weighted by Crippen LogP contribution is 2.22. The van der Waals surface area contributed by atoms with Gasteiger partial charge in [0.15, 0.2) is 16.7 Å². The van der Waals surface area contributed by atoms with Crippen LogP contribution in [-0.2, 0) is 11.3 Å². The molecule has 0 aliphatic heterocycles. The molecular weight excluding hydrogens is 384 g/mol. The van der Waals surface area contributed by atoms with Crippen molar-refractivity contribution in [1.82, 2.24) is 14.5 Å². The lowest BCUT2D eigenvalue weighted by molar-refractivity contribution is -0.127. The van der Waals surface area contributed by atoms with Crippen LogP contribution in [0, 0.1) is 11.6 Å². The zero-order chi connectivity index (χ0) is 20.1. The number of hydrogen-bond acceptors (Lipinski definition) is 4. The Hall–Kier alpha value is -2.87. The number of benzene rings is 2. The van der Waals surface area contributed by atoms with Crippen LogP contribution < -0.4 is 4.74 Å². The van der Waals surface area contributed by atoms with Crippen LogP contribution in [-0.4, -0.2) is 40.3 Å². The Labute approximate surface area is 165 Å². The van der Waals surface area contributed by atoms with E-state index in [1.165, 1.54) is 48.0 Å². The minimum atomic E-state index is -0.465. The van der Waals surface area contributed by atoms with Gasteiger partial charge in [0.25, 0.3) is 0 Å². The molecular formula is C20H19F2N3O2S. The third-order valence-electron chi connectivity index (χ3n) is 4.08. The fourth-order valence-electron chi connectivity index (χ4n) is 2.63. The summed E-state index contributed by atoms with van der Waals surface area (Å²) in [5.74, 6) is -0.619. The molecule has 0 saturated heterocycles. The maximum absolute atomic E-state index is 13.8. The topological polar surface area (TPSA) is 47.4 Å². The second kappa shape index (κ2) is 8.88. The molecule has 0 saturated carbocycles. The van der Waals surface area contributed by atoms with Crippen molar-refractivity contribution in [2.24, 2.45) is 0 Å². The van der Waals surface area contributed by atoms with E-state index in [-0.39, 0.29) is 29.8 Å². The Bertz CT molecular complexity index is 978. The lowest BCUT2D eigenvalue weighted by Gasteiger charge is -2.17. The Balaban J connectivity index is 1.61. The van der Waals surface area contributed by atoms with Crippen LogP contribution in [0.4, 0.5) is 8.78 Å². The minimum absolute atomic E-state index is 0.130. The normalized spacial score (nSPS) is 10.7. The number of rotatable bonds is 7. The van der Waals surface area contributed by atoms with Crippen LogP contribution in [0.3, 0.4) is 0 Å². The first-order chi connectivity index (χ1) is 13.5. The van der Waals surface area contributed by atoms with Crippen LogP contribution in [0.2, 0.25) is 0 Å². The molecule has 0 radical (unpaired) electrons. The summed E-state index contributed by atoms with van der Waals surface area (Å²) < 4.78 is 33.9. The quantitative estimate of drug-likeness (QED) is 0.561. The molecule has 1 heterocycles. The summed E-state index contributed by atoms with van der Waals surface area (Å²) in [7, 11) is 3.06. The molecule has 0 spiro atoms. The van der Waals surface area contributed by atoms with Crippen LogP contribution in [0.1, 0.15) is 5.56 Å². The van der Waals surface area contributed by atoms with Crippen molar-refractivity contribution in [2.45, 2.75) is 11.7 Å². The van der Waals surface area contributed by atoms with E-state index in [1.807, 2.05) is 0 Å². The number of imidazole rings is 1. The SMILES string of the molecule is COc1ccc(CN(C)C(=O)CSc2nccn2-c2cccc(F)c2)cc1F. The number of methoxy groups -OCH3 is 1. The molecule has 0 unspecified atom stereocenters. The van der Waals surface area contributed by atoms with Crippen molar-refractivity contribution in [3.63, 3.8) is 0 Å². The minimum Gasteiger partial charge on any atom is -0.494 e. The first-order valence-electron chi connectivity index (χ1n) is 8.46. The molecule has 0 N–H and O–H groups in total. The Kier molecular flexibility index (Phi) is 6.30. The first kappa shape index (κ1) is 19.9. The lowest BCUT2D eigenvalue weighted by Crippen LogP contribution is -2.28. The molecule has 0 aliphatic carbocycles. The van der Waals surface area contributed by atoms with Gasteiger partial charge in [-0.25, -0.2) is 13.8 Å². The van der Waals surface area contributed by atoms with Crippen molar-refractivity contribution < 1.29 is 18.3 Å². The number of aromatic nitrogens is 2. The van der Waals surface area contributed by atoms with E-state index in [9.17, 15) is 13.6 Å². The average Bonchev–Trinajstić information content (AvgIpc) is 3.15. The highest BCUT2D eigenvalue weighted by atomic mass is 32.2. The van der Waals surface area contributed by atoms with E-state index in [0.717, 1.165) is 0 Å². The van der Waals surface area contributed by atoms with E-state index in [1.54, 1.807) is 42.2 Å². The van der Waals surface area contributed by atoms with Crippen molar-refractivity contribution in [3.05, 3.63) is 72.1 Å². The lowest BCUT2D eigenvalue weighted by atomic mass is 10.2. The summed E-state index contributed by atoms with van der Waals surface area (Å²) in [5, 5.41) is 0.586. The number of carbonyl (C=O) groups is 1. The predicted molar refractivity (Wildman–Crippen MR) is 104 cm³/mol. The number of nitrogens with zero attached hydrogens (tertiary/aromatic N) is 3. The van der Waals surface area contributed by atoms with Gasteiger partial charge in [-0.05, 0) is 35.9 Å². The molecule has 8 heteroatoms.